The van der Waals surface area contributed by atoms with Gasteiger partial charge in [0.05, 0.1) is 0 Å². The van der Waals surface area contributed by atoms with Crippen LogP contribution in [0, 0.1) is 11.8 Å². The standard InChI is InChI=1S/C21H27N3O5S/c1-12-5-7-21(8-6-12)19(27)24(20(28)22-21)23-17(25)11-29-18(26)16-10-14-9-13(2)3-4-15(14)30-16/h10,12-13H,3-9,11H2,1-2H3,(H,22,28)(H,23,25). The second kappa shape index (κ2) is 8.02. The molecule has 0 bridgehead atoms. The summed E-state index contributed by atoms with van der Waals surface area (Å²) in [4.78, 5) is 51.2. The van der Waals surface area contributed by atoms with Crippen molar-refractivity contribution in [3.8, 4) is 0 Å². The van der Waals surface area contributed by atoms with Crippen LogP contribution in [0.25, 0.3) is 0 Å². The first-order valence-corrected chi connectivity index (χ1v) is 11.3. The van der Waals surface area contributed by atoms with E-state index >= 15 is 0 Å². The number of amides is 4. The smallest absolute Gasteiger partial charge is 0.348 e. The molecular weight excluding hydrogens is 406 g/mol. The highest BCUT2D eigenvalue weighted by molar-refractivity contribution is 7.14. The Morgan fingerprint density at radius 1 is 1.23 bits per heavy atom. The van der Waals surface area contributed by atoms with Crippen LogP contribution >= 0.6 is 11.3 Å². The number of thiophene rings is 1. The lowest BCUT2D eigenvalue weighted by molar-refractivity contribution is -0.141. The number of urea groups is 1. The maximum atomic E-state index is 12.8. The van der Waals surface area contributed by atoms with Gasteiger partial charge in [-0.3, -0.25) is 15.0 Å². The zero-order valence-corrected chi connectivity index (χ0v) is 18.1. The molecule has 1 aromatic rings. The molecule has 30 heavy (non-hydrogen) atoms. The third-order valence-electron chi connectivity index (χ3n) is 6.39. The van der Waals surface area contributed by atoms with E-state index in [4.69, 9.17) is 4.74 Å². The van der Waals surface area contributed by atoms with Crippen LogP contribution in [0.1, 0.15) is 66.1 Å². The molecule has 1 unspecified atom stereocenters. The summed E-state index contributed by atoms with van der Waals surface area (Å²) in [7, 11) is 0. The van der Waals surface area contributed by atoms with Gasteiger partial charge in [-0.25, -0.2) is 9.59 Å². The molecule has 9 heteroatoms. The van der Waals surface area contributed by atoms with Crippen LogP contribution in [-0.2, 0) is 27.2 Å². The van der Waals surface area contributed by atoms with E-state index in [1.165, 1.54) is 21.8 Å². The minimum absolute atomic E-state index is 0.445. The number of fused-ring (bicyclic) bond motifs is 1. The third-order valence-corrected chi connectivity index (χ3v) is 7.61. The Bertz CT molecular complexity index is 887. The van der Waals surface area contributed by atoms with Crippen molar-refractivity contribution in [2.45, 2.75) is 64.3 Å². The third kappa shape index (κ3) is 3.95. The molecule has 4 amide bonds. The Morgan fingerprint density at radius 2 is 1.97 bits per heavy atom. The molecule has 1 aliphatic heterocycles. The number of rotatable bonds is 4. The summed E-state index contributed by atoms with van der Waals surface area (Å²) in [5, 5.41) is 3.45. The van der Waals surface area contributed by atoms with E-state index in [2.05, 4.69) is 24.6 Å². The lowest BCUT2D eigenvalue weighted by Crippen LogP contribution is -2.52. The second-order valence-corrected chi connectivity index (χ2v) is 9.99. The van der Waals surface area contributed by atoms with Gasteiger partial charge in [-0.05, 0) is 68.4 Å². The molecule has 1 saturated carbocycles. The van der Waals surface area contributed by atoms with Crippen molar-refractivity contribution >= 4 is 35.2 Å². The van der Waals surface area contributed by atoms with Crippen molar-refractivity contribution in [2.24, 2.45) is 11.8 Å². The van der Waals surface area contributed by atoms with Gasteiger partial charge in [0.25, 0.3) is 11.8 Å². The molecule has 2 aliphatic carbocycles. The van der Waals surface area contributed by atoms with Gasteiger partial charge >= 0.3 is 12.0 Å². The second-order valence-electron chi connectivity index (χ2n) is 8.85. The highest BCUT2D eigenvalue weighted by Crippen LogP contribution is 2.36. The van der Waals surface area contributed by atoms with Gasteiger partial charge in [-0.2, -0.15) is 5.01 Å². The van der Waals surface area contributed by atoms with Crippen molar-refractivity contribution < 1.29 is 23.9 Å². The Labute approximate surface area is 179 Å². The van der Waals surface area contributed by atoms with E-state index in [1.54, 1.807) is 0 Å². The van der Waals surface area contributed by atoms with Gasteiger partial charge in [0.1, 0.15) is 10.4 Å². The average molecular weight is 434 g/mol. The monoisotopic (exact) mass is 433 g/mol. The Balaban J connectivity index is 1.31. The molecule has 1 aromatic heterocycles. The molecule has 8 nitrogen and oxygen atoms in total. The molecule has 162 valence electrons. The number of carbonyl (C=O) groups excluding carboxylic acids is 4. The lowest BCUT2D eigenvalue weighted by Gasteiger charge is -2.33. The molecule has 1 saturated heterocycles. The number of hydrazine groups is 1. The Morgan fingerprint density at radius 3 is 2.70 bits per heavy atom. The number of hydrogen-bond acceptors (Lipinski definition) is 6. The molecule has 0 radical (unpaired) electrons. The molecule has 2 N–H and O–H groups in total. The van der Waals surface area contributed by atoms with Crippen LogP contribution in [0.4, 0.5) is 4.79 Å². The molecule has 2 heterocycles. The van der Waals surface area contributed by atoms with Crippen molar-refractivity contribution in [3.63, 3.8) is 0 Å². The number of ether oxygens (including phenoxy) is 1. The largest absolute Gasteiger partial charge is 0.451 e. The Kier molecular flexibility index (Phi) is 5.57. The number of imide groups is 1. The van der Waals surface area contributed by atoms with E-state index < -0.39 is 36.0 Å². The van der Waals surface area contributed by atoms with Gasteiger partial charge in [-0.1, -0.05) is 13.8 Å². The summed E-state index contributed by atoms with van der Waals surface area (Å²) in [6.45, 7) is 3.75. The van der Waals surface area contributed by atoms with Crippen molar-refractivity contribution in [1.82, 2.24) is 15.8 Å². The lowest BCUT2D eigenvalue weighted by atomic mass is 9.77. The maximum absolute atomic E-state index is 12.8. The summed E-state index contributed by atoms with van der Waals surface area (Å²) in [5.74, 6) is -0.620. The highest BCUT2D eigenvalue weighted by Gasteiger charge is 2.52. The summed E-state index contributed by atoms with van der Waals surface area (Å²) >= 11 is 1.41. The predicted octanol–water partition coefficient (Wildman–Crippen LogP) is 2.56. The number of hydrogen-bond donors (Lipinski definition) is 2. The van der Waals surface area contributed by atoms with Crippen molar-refractivity contribution in [2.75, 3.05) is 6.61 Å². The fraction of sp³-hybridized carbons (Fsp3) is 0.619. The van der Waals surface area contributed by atoms with Gasteiger partial charge in [-0.15, -0.1) is 11.3 Å². The Hall–Kier alpha value is -2.42. The van der Waals surface area contributed by atoms with E-state index in [0.717, 1.165) is 37.1 Å². The SMILES string of the molecule is CC1CCC2(CC1)NC(=O)N(NC(=O)COC(=O)c1cc3c(s1)CCC(C)C3)C2=O. The first kappa shape index (κ1) is 20.8. The number of nitrogens with one attached hydrogen (secondary N) is 2. The summed E-state index contributed by atoms with van der Waals surface area (Å²) in [5.41, 5.74) is 2.53. The first-order chi connectivity index (χ1) is 14.3. The summed E-state index contributed by atoms with van der Waals surface area (Å²) in [6.07, 6.45) is 5.82. The van der Waals surface area contributed by atoms with E-state index in [1.807, 2.05) is 6.07 Å². The summed E-state index contributed by atoms with van der Waals surface area (Å²) in [6, 6.07) is 1.20. The molecule has 2 fully saturated rings. The minimum atomic E-state index is -0.930. The molecular formula is C21H27N3O5S. The first-order valence-electron chi connectivity index (χ1n) is 10.5. The number of aryl methyl sites for hydroxylation is 1. The van der Waals surface area contributed by atoms with Crippen LogP contribution in [0.5, 0.6) is 0 Å². The molecule has 1 atom stereocenters. The van der Waals surface area contributed by atoms with E-state index in [-0.39, 0.29) is 0 Å². The molecule has 3 aliphatic rings. The normalized spacial score (nSPS) is 28.3. The average Bonchev–Trinajstić information content (AvgIpc) is 3.23. The molecule has 0 aromatic carbocycles. The van der Waals surface area contributed by atoms with Crippen LogP contribution in [-0.4, -0.2) is 41.0 Å². The van der Waals surface area contributed by atoms with Crippen molar-refractivity contribution in [3.05, 3.63) is 21.4 Å². The summed E-state index contributed by atoms with van der Waals surface area (Å²) < 4.78 is 5.12. The molecule has 1 spiro atoms. The van der Waals surface area contributed by atoms with Crippen molar-refractivity contribution in [1.29, 1.82) is 0 Å². The van der Waals surface area contributed by atoms with Gasteiger partial charge in [0, 0.05) is 4.88 Å². The van der Waals surface area contributed by atoms with E-state index in [9.17, 15) is 19.2 Å². The minimum Gasteiger partial charge on any atom is -0.451 e. The van der Waals surface area contributed by atoms with Crippen LogP contribution in [0.3, 0.4) is 0 Å². The van der Waals surface area contributed by atoms with Crippen LogP contribution in [0.2, 0.25) is 0 Å². The topological polar surface area (TPSA) is 105 Å². The van der Waals surface area contributed by atoms with Crippen LogP contribution in [0.15, 0.2) is 6.07 Å². The van der Waals surface area contributed by atoms with Gasteiger partial charge in [0.2, 0.25) is 0 Å². The van der Waals surface area contributed by atoms with E-state index in [0.29, 0.717) is 29.6 Å². The predicted molar refractivity (Wildman–Crippen MR) is 110 cm³/mol. The van der Waals surface area contributed by atoms with Gasteiger partial charge in [0.15, 0.2) is 6.61 Å². The number of nitrogens with zero attached hydrogens (tertiary/aromatic N) is 1. The molecule has 4 rings (SSSR count). The highest BCUT2D eigenvalue weighted by atomic mass is 32.1. The zero-order chi connectivity index (χ0) is 21.5. The number of esters is 1. The maximum Gasteiger partial charge on any atom is 0.348 e. The fourth-order valence-electron chi connectivity index (χ4n) is 4.48. The fourth-order valence-corrected chi connectivity index (χ4v) is 5.58. The quantitative estimate of drug-likeness (QED) is 0.561. The van der Waals surface area contributed by atoms with Crippen LogP contribution < -0.4 is 10.7 Å². The zero-order valence-electron chi connectivity index (χ0n) is 17.3. The van der Waals surface area contributed by atoms with Gasteiger partial charge < -0.3 is 10.1 Å². The number of carbonyl (C=O) groups is 4.